The second kappa shape index (κ2) is 7.77. The molecule has 122 valence electrons. The van der Waals surface area contributed by atoms with Crippen LogP contribution in [0.2, 0.25) is 0 Å². The van der Waals surface area contributed by atoms with Crippen LogP contribution in [0.4, 0.5) is 0 Å². The molecule has 2 rings (SSSR count). The Kier molecular flexibility index (Phi) is 5.75. The number of methoxy groups -OCH3 is 1. The van der Waals surface area contributed by atoms with Gasteiger partial charge < -0.3 is 9.64 Å². The molecule has 1 aromatic rings. The van der Waals surface area contributed by atoms with E-state index in [1.165, 1.54) is 7.11 Å². The summed E-state index contributed by atoms with van der Waals surface area (Å²) in [6.07, 6.45) is 2.34. The Morgan fingerprint density at radius 3 is 2.43 bits per heavy atom. The van der Waals surface area contributed by atoms with Crippen LogP contribution in [0, 0.1) is 16.7 Å². The van der Waals surface area contributed by atoms with Gasteiger partial charge in [0.1, 0.15) is 0 Å². The molecular formula is C18H22N2O3. The van der Waals surface area contributed by atoms with Crippen molar-refractivity contribution >= 4 is 11.9 Å². The number of nitrogens with zero attached hydrogens (tertiary/aromatic N) is 2. The van der Waals surface area contributed by atoms with Crippen molar-refractivity contribution in [3.8, 4) is 6.07 Å². The maximum Gasteiger partial charge on any atom is 0.306 e. The molecule has 1 fully saturated rings. The fourth-order valence-corrected chi connectivity index (χ4v) is 2.97. The minimum absolute atomic E-state index is 0.0401. The summed E-state index contributed by atoms with van der Waals surface area (Å²) in [6, 6.07) is 12.5. The van der Waals surface area contributed by atoms with E-state index >= 15 is 0 Å². The molecule has 1 saturated heterocycles. The number of carbonyl (C=O) groups is 2. The van der Waals surface area contributed by atoms with Crippen LogP contribution < -0.4 is 0 Å². The smallest absolute Gasteiger partial charge is 0.306 e. The van der Waals surface area contributed by atoms with Crippen LogP contribution >= 0.6 is 0 Å². The third kappa shape index (κ3) is 4.56. The van der Waals surface area contributed by atoms with Crippen LogP contribution in [0.15, 0.2) is 30.3 Å². The molecule has 1 aromatic carbocycles. The van der Waals surface area contributed by atoms with Crippen LogP contribution in [0.3, 0.4) is 0 Å². The number of hydrogen-bond acceptors (Lipinski definition) is 4. The third-order valence-corrected chi connectivity index (χ3v) is 4.47. The van der Waals surface area contributed by atoms with E-state index in [1.807, 2.05) is 30.3 Å². The lowest BCUT2D eigenvalue weighted by Crippen LogP contribution is -2.43. The number of esters is 1. The van der Waals surface area contributed by atoms with E-state index in [9.17, 15) is 14.9 Å². The van der Waals surface area contributed by atoms with E-state index in [4.69, 9.17) is 0 Å². The van der Waals surface area contributed by atoms with Gasteiger partial charge in [-0.25, -0.2) is 0 Å². The molecule has 5 heteroatoms. The van der Waals surface area contributed by atoms with Crippen LogP contribution in [0.25, 0.3) is 0 Å². The number of nitriles is 1. The first-order valence-corrected chi connectivity index (χ1v) is 7.88. The Bertz CT molecular complexity index is 584. The molecule has 0 saturated carbocycles. The quantitative estimate of drug-likeness (QED) is 0.782. The van der Waals surface area contributed by atoms with Crippen LogP contribution in [0.5, 0.6) is 0 Å². The summed E-state index contributed by atoms with van der Waals surface area (Å²) < 4.78 is 4.55. The van der Waals surface area contributed by atoms with Crippen molar-refractivity contribution in [3.63, 3.8) is 0 Å². The zero-order valence-corrected chi connectivity index (χ0v) is 13.5. The Labute approximate surface area is 136 Å². The molecule has 0 atom stereocenters. The third-order valence-electron chi connectivity index (χ3n) is 4.47. The molecule has 0 bridgehead atoms. The largest absolute Gasteiger partial charge is 0.469 e. The number of piperidine rings is 1. The van der Waals surface area contributed by atoms with E-state index in [1.54, 1.807) is 4.90 Å². The Morgan fingerprint density at radius 2 is 1.87 bits per heavy atom. The van der Waals surface area contributed by atoms with Gasteiger partial charge in [0, 0.05) is 19.5 Å². The number of rotatable bonds is 5. The lowest BCUT2D eigenvalue weighted by atomic mass is 9.75. The van der Waals surface area contributed by atoms with Gasteiger partial charge in [-0.15, -0.1) is 0 Å². The number of hydrogen-bond donors (Lipinski definition) is 0. The van der Waals surface area contributed by atoms with Gasteiger partial charge in [0.05, 0.1) is 25.0 Å². The van der Waals surface area contributed by atoms with Crippen molar-refractivity contribution in [2.45, 2.75) is 32.1 Å². The summed E-state index contributed by atoms with van der Waals surface area (Å²) in [5.41, 5.74) is 0.750. The summed E-state index contributed by atoms with van der Waals surface area (Å²) in [6.45, 7) is 1.14. The lowest BCUT2D eigenvalue weighted by molar-refractivity contribution is -0.144. The average Bonchev–Trinajstić information content (AvgIpc) is 2.60. The first-order valence-electron chi connectivity index (χ1n) is 7.88. The molecule has 0 radical (unpaired) electrons. The Hall–Kier alpha value is -2.35. The van der Waals surface area contributed by atoms with E-state index < -0.39 is 5.41 Å². The monoisotopic (exact) mass is 314 g/mol. The highest BCUT2D eigenvalue weighted by Gasteiger charge is 2.36. The van der Waals surface area contributed by atoms with Gasteiger partial charge in [-0.05, 0) is 24.8 Å². The van der Waals surface area contributed by atoms with E-state index in [2.05, 4.69) is 10.8 Å². The molecular weight excluding hydrogens is 292 g/mol. The molecule has 0 N–H and O–H groups in total. The van der Waals surface area contributed by atoms with Crippen molar-refractivity contribution < 1.29 is 14.3 Å². The molecule has 1 aliphatic rings. The van der Waals surface area contributed by atoms with Crippen molar-refractivity contribution in [1.82, 2.24) is 4.90 Å². The summed E-state index contributed by atoms with van der Waals surface area (Å²) in [5, 5.41) is 9.62. The lowest BCUT2D eigenvalue weighted by Gasteiger charge is -2.37. The first-order chi connectivity index (χ1) is 11.1. The molecule has 0 aliphatic carbocycles. The molecule has 1 amide bonds. The second-order valence-corrected chi connectivity index (χ2v) is 6.01. The molecule has 1 aliphatic heterocycles. The first kappa shape index (κ1) is 17.0. The minimum Gasteiger partial charge on any atom is -0.469 e. The zero-order valence-electron chi connectivity index (χ0n) is 13.5. The van der Waals surface area contributed by atoms with Crippen molar-refractivity contribution in [1.29, 1.82) is 5.26 Å². The fraction of sp³-hybridized carbons (Fsp3) is 0.500. The van der Waals surface area contributed by atoms with Crippen LogP contribution in [-0.2, 0) is 20.7 Å². The van der Waals surface area contributed by atoms with E-state index in [0.29, 0.717) is 32.4 Å². The highest BCUT2D eigenvalue weighted by Crippen LogP contribution is 2.34. The topological polar surface area (TPSA) is 70.4 Å². The summed E-state index contributed by atoms with van der Waals surface area (Å²) in [4.78, 5) is 25.0. The molecule has 23 heavy (non-hydrogen) atoms. The maximum atomic E-state index is 12.1. The van der Waals surface area contributed by atoms with Crippen LogP contribution in [0.1, 0.15) is 31.2 Å². The van der Waals surface area contributed by atoms with Gasteiger partial charge in [-0.1, -0.05) is 30.3 Å². The normalized spacial score (nSPS) is 16.4. The van der Waals surface area contributed by atoms with Gasteiger partial charge in [-0.3, -0.25) is 9.59 Å². The summed E-state index contributed by atoms with van der Waals surface area (Å²) in [5.74, 6) is -0.410. The van der Waals surface area contributed by atoms with Gasteiger partial charge >= 0.3 is 5.97 Å². The minimum atomic E-state index is -0.402. The van der Waals surface area contributed by atoms with E-state index in [0.717, 1.165) is 5.56 Å². The van der Waals surface area contributed by atoms with E-state index in [-0.39, 0.29) is 24.7 Å². The van der Waals surface area contributed by atoms with Gasteiger partial charge in [0.25, 0.3) is 0 Å². The zero-order chi connectivity index (χ0) is 16.7. The molecule has 0 unspecified atom stereocenters. The number of carbonyl (C=O) groups excluding carboxylic acids is 2. The second-order valence-electron chi connectivity index (χ2n) is 6.01. The van der Waals surface area contributed by atoms with Crippen molar-refractivity contribution in [3.05, 3.63) is 35.9 Å². The highest BCUT2D eigenvalue weighted by molar-refractivity contribution is 5.81. The standard InChI is InChI=1S/C18H22N2O3/c1-23-17(22)8-7-16(21)20-11-9-18(14-19,10-12-20)13-15-5-3-2-4-6-15/h2-6H,7-13H2,1H3. The summed E-state index contributed by atoms with van der Waals surface area (Å²) in [7, 11) is 1.32. The maximum absolute atomic E-state index is 12.1. The number of benzene rings is 1. The highest BCUT2D eigenvalue weighted by atomic mass is 16.5. The van der Waals surface area contributed by atoms with Crippen molar-refractivity contribution in [2.75, 3.05) is 20.2 Å². The van der Waals surface area contributed by atoms with Gasteiger partial charge in [0.2, 0.25) is 5.91 Å². The SMILES string of the molecule is COC(=O)CCC(=O)N1CCC(C#N)(Cc2ccccc2)CC1. The number of ether oxygens (including phenoxy) is 1. The van der Waals surface area contributed by atoms with Crippen molar-refractivity contribution in [2.24, 2.45) is 5.41 Å². The Morgan fingerprint density at radius 1 is 1.22 bits per heavy atom. The number of likely N-dealkylation sites (tertiary alicyclic amines) is 1. The van der Waals surface area contributed by atoms with Gasteiger partial charge in [-0.2, -0.15) is 5.26 Å². The number of amides is 1. The van der Waals surface area contributed by atoms with Crippen LogP contribution in [-0.4, -0.2) is 37.0 Å². The predicted molar refractivity (Wildman–Crippen MR) is 85.3 cm³/mol. The molecule has 5 nitrogen and oxygen atoms in total. The summed E-state index contributed by atoms with van der Waals surface area (Å²) >= 11 is 0. The molecule has 1 heterocycles. The predicted octanol–water partition coefficient (Wildman–Crippen LogP) is 2.31. The average molecular weight is 314 g/mol. The molecule has 0 aromatic heterocycles. The Balaban J connectivity index is 1.89. The fourth-order valence-electron chi connectivity index (χ4n) is 2.97. The molecule has 0 spiro atoms. The van der Waals surface area contributed by atoms with Gasteiger partial charge in [0.15, 0.2) is 0 Å².